The van der Waals surface area contributed by atoms with Gasteiger partial charge < -0.3 is 4.74 Å². The number of aliphatic imine (C=N–C) groups is 2. The molecule has 0 N–H and O–H groups in total. The van der Waals surface area contributed by atoms with Gasteiger partial charge in [-0.15, -0.1) is 43.1 Å². The van der Waals surface area contributed by atoms with E-state index in [9.17, 15) is 17.6 Å². The number of nitriles is 1. The Bertz CT molecular complexity index is 8090. The van der Waals surface area contributed by atoms with Crippen molar-refractivity contribution in [1.29, 1.82) is 5.26 Å². The molecule has 0 saturated carbocycles. The van der Waals surface area contributed by atoms with Crippen molar-refractivity contribution in [2.45, 2.75) is 40.8 Å². The number of methoxy groups -OCH3 is 1. The summed E-state index contributed by atoms with van der Waals surface area (Å²) in [5, 5.41) is 24.9. The van der Waals surface area contributed by atoms with Crippen LogP contribution in [0.4, 0.5) is 17.6 Å². The Labute approximate surface area is 798 Å². The van der Waals surface area contributed by atoms with E-state index in [0.717, 1.165) is 167 Å². The Balaban J connectivity index is 0.000000106. The maximum absolute atomic E-state index is 13.7. The molecule has 0 aliphatic carbocycles. The summed E-state index contributed by atoms with van der Waals surface area (Å²) in [6.45, 7) is 8.96. The number of hydrogen-bond acceptors (Lipinski definition) is 20. The molecule has 0 saturated heterocycles. The number of aromatic nitrogens is 16. The van der Waals surface area contributed by atoms with E-state index >= 15 is 0 Å². The molecule has 26 heteroatoms. The number of pyridine rings is 10. The Hall–Kier alpha value is -17.7. The van der Waals surface area contributed by atoms with Crippen LogP contribution in [0.5, 0.6) is 5.75 Å². The predicted octanol–water partition coefficient (Wildman–Crippen LogP) is 26.1. The average Bonchev–Trinajstić information content (AvgIpc) is 1.54. The lowest BCUT2D eigenvalue weighted by molar-refractivity contribution is 0.387. The number of halogens is 4. The van der Waals surface area contributed by atoms with E-state index in [4.69, 9.17) is 10.00 Å². The number of hydrogen-bond donors (Lipinski definition) is 0. The fourth-order valence-corrected chi connectivity index (χ4v) is 17.7. The predicted molar refractivity (Wildman–Crippen MR) is 538 cm³/mol. The smallest absolute Gasteiger partial charge is 0.165 e. The van der Waals surface area contributed by atoms with Gasteiger partial charge in [-0.3, -0.25) is 58.7 Å². The van der Waals surface area contributed by atoms with Crippen LogP contribution < -0.4 is 4.74 Å². The summed E-state index contributed by atoms with van der Waals surface area (Å²) in [5.74, 6) is -1.14. The first-order chi connectivity index (χ1) is 67.6. The van der Waals surface area contributed by atoms with E-state index in [1.54, 1.807) is 110 Å². The summed E-state index contributed by atoms with van der Waals surface area (Å²) in [5.41, 5.74) is 38.1. The molecular weight excluding hydrogens is 1770 g/mol. The first-order valence-electron chi connectivity index (χ1n) is 43.8. The van der Waals surface area contributed by atoms with Gasteiger partial charge in [0, 0.05) is 175 Å². The molecule has 0 unspecified atom stereocenters. The van der Waals surface area contributed by atoms with E-state index < -0.39 is 11.6 Å². The topological polar surface area (TPSA) is 247 Å². The minimum atomic E-state index is -0.533. The summed E-state index contributed by atoms with van der Waals surface area (Å²) in [7, 11) is 1.45. The number of rotatable bonds is 13. The molecule has 0 spiro atoms. The molecule has 20 nitrogen and oxygen atoms in total. The third kappa shape index (κ3) is 19.9. The maximum Gasteiger partial charge on any atom is 0.165 e. The number of aryl methyl sites for hydroxylation is 4. The van der Waals surface area contributed by atoms with E-state index in [-0.39, 0.29) is 22.9 Å². The van der Waals surface area contributed by atoms with Crippen molar-refractivity contribution < 1.29 is 22.3 Å². The molecule has 0 fully saturated rings. The highest BCUT2D eigenvalue weighted by molar-refractivity contribution is 7.17. The van der Waals surface area contributed by atoms with Crippen LogP contribution in [-0.2, 0) is 13.1 Å². The Morgan fingerprint density at radius 2 is 0.696 bits per heavy atom. The number of benzene rings is 8. The van der Waals surface area contributed by atoms with Gasteiger partial charge in [-0.25, -0.2) is 27.5 Å². The zero-order chi connectivity index (χ0) is 94.5. The van der Waals surface area contributed by atoms with Gasteiger partial charge in [-0.1, -0.05) is 96.1 Å². The molecule has 2 aliphatic rings. The second-order valence-corrected chi connectivity index (χ2v) is 34.1. The first-order valence-corrected chi connectivity index (χ1v) is 45.5. The highest BCUT2D eigenvalue weighted by Gasteiger charge is 2.21. The van der Waals surface area contributed by atoms with Crippen molar-refractivity contribution in [3.05, 3.63) is 426 Å². The summed E-state index contributed by atoms with van der Waals surface area (Å²) >= 11 is 3.29. The molecule has 16 heterocycles. The zero-order valence-corrected chi connectivity index (χ0v) is 76.4. The van der Waals surface area contributed by atoms with E-state index in [1.165, 1.54) is 58.8 Å². The molecule has 24 rings (SSSR count). The van der Waals surface area contributed by atoms with Gasteiger partial charge in [-0.2, -0.15) is 5.26 Å². The van der Waals surface area contributed by atoms with Crippen molar-refractivity contribution in [3.8, 4) is 146 Å². The molecule has 668 valence electrons. The number of thiazole rings is 2. The lowest BCUT2D eigenvalue weighted by atomic mass is 9.98. The summed E-state index contributed by atoms with van der Waals surface area (Å²) in [4.78, 5) is 53.2. The van der Waals surface area contributed by atoms with Gasteiger partial charge in [-0.05, 0) is 232 Å². The molecule has 0 amide bonds. The lowest BCUT2D eigenvalue weighted by Gasteiger charge is -2.11. The number of fused-ring (bicyclic) bond motifs is 6. The number of nitrogens with zero attached hydrogens (tertiary/aromatic N) is 19. The third-order valence-electron chi connectivity index (χ3n) is 23.1. The number of ether oxygens (including phenoxy) is 1. The Kier molecular flexibility index (Phi) is 26.5. The van der Waals surface area contributed by atoms with Gasteiger partial charge in [0.25, 0.3) is 0 Å². The Morgan fingerprint density at radius 3 is 1.09 bits per heavy atom. The first kappa shape index (κ1) is 89.5. The van der Waals surface area contributed by atoms with Crippen LogP contribution in [0, 0.1) is 62.3 Å². The van der Waals surface area contributed by atoms with E-state index in [1.807, 2.05) is 172 Å². The second-order valence-electron chi connectivity index (χ2n) is 32.3. The molecular formula is C112H79F4N19OS2. The Morgan fingerprint density at radius 1 is 0.333 bits per heavy atom. The average molecular weight is 1850 g/mol. The van der Waals surface area contributed by atoms with Gasteiger partial charge in [0.15, 0.2) is 22.9 Å². The van der Waals surface area contributed by atoms with Crippen molar-refractivity contribution in [1.82, 2.24) is 79.0 Å². The normalized spacial score (nSPS) is 11.4. The molecule has 2 aliphatic heterocycles. The molecule has 0 radical (unpaired) electrons. The standard InChI is InChI=1S/C19H11FN4.C19H14FN3O.C19H13FN2S.C19H14N2S.C18H13FN4.C18H14N4/c20-17-4-3-12(6-13(17)8-21)19-16(2-1-5-23-19)14-7-15-9-22-11-18(15)24-10-14;1-24-18-8-12(4-5-16(18)20)19-15(3-2-6-22-19)13-7-14-9-21-11-17(14)23-10-13;1-12-9-14(4-6-16(12)20)19-15(3-2-8-21-19)13-5-7-17-18(10-13)23-11-22-17;1-13-4-2-5-15(10-13)19-16(6-3-9-20-19)14-7-8-17-18(11-14)22-12-21-17;1-12-9-13(4-6-16(12)19)18-15(3-2-8-20-18)14-5-7-17-22-21-11-23(17)10-14;1-13-4-2-5-14(10-13)18-16(6-3-9-19-18)15-7-8-17-21-20-12-22(17)11-15/h1-7,9-10H,11H2;2-10H,11H2,1H3;2-11H,1H3;2-12H,1H3;2-11H,1H3;2-12H,1H3. The van der Waals surface area contributed by atoms with Crippen LogP contribution in [-0.4, -0.2) is 98.6 Å². The minimum Gasteiger partial charge on any atom is -0.494 e. The second kappa shape index (κ2) is 40.8. The van der Waals surface area contributed by atoms with Gasteiger partial charge in [0.05, 0.1) is 103 Å². The minimum absolute atomic E-state index is 0.00307. The van der Waals surface area contributed by atoms with Crippen LogP contribution in [0.1, 0.15) is 50.3 Å². The summed E-state index contributed by atoms with van der Waals surface area (Å²) in [6.07, 6.45) is 25.2. The van der Waals surface area contributed by atoms with Crippen molar-refractivity contribution in [3.63, 3.8) is 0 Å². The molecule has 8 aromatic carbocycles. The van der Waals surface area contributed by atoms with E-state index in [2.05, 4.69) is 197 Å². The fraction of sp³-hybridized carbons (Fsp3) is 0.0625. The maximum atomic E-state index is 13.7. The van der Waals surface area contributed by atoms with Crippen LogP contribution in [0.2, 0.25) is 0 Å². The highest BCUT2D eigenvalue weighted by Crippen LogP contribution is 2.41. The molecule has 0 bridgehead atoms. The quantitative estimate of drug-likeness (QED) is 0.0973. The lowest BCUT2D eigenvalue weighted by Crippen LogP contribution is -1.95. The van der Waals surface area contributed by atoms with Crippen molar-refractivity contribution >= 4 is 66.8 Å². The van der Waals surface area contributed by atoms with Crippen LogP contribution in [0.3, 0.4) is 0 Å². The third-order valence-corrected chi connectivity index (χ3v) is 24.7. The van der Waals surface area contributed by atoms with Crippen LogP contribution in [0.25, 0.3) is 166 Å². The zero-order valence-electron chi connectivity index (χ0n) is 74.8. The molecule has 22 aromatic rings. The molecule has 138 heavy (non-hydrogen) atoms. The van der Waals surface area contributed by atoms with Gasteiger partial charge in [0.1, 0.15) is 36.2 Å². The van der Waals surface area contributed by atoms with Gasteiger partial charge >= 0.3 is 0 Å². The SMILES string of the molecule is COc1cc(-c2ncccc2-c2cnc3c(c2)C=NC3)ccc1F.Cc1cc(-c2ncccc2-c2ccc3ncsc3c2)ccc1F.Cc1cc(-c2ncccc2-c2ccc3nncn3c2)ccc1F.Cc1cccc(-c2ncccc2-c2ccc3ncsc3c2)c1.Cc1cccc(-c2ncccc2-c2ccc3nncn3c2)c1.N#Cc1cc(-c2ncccc2-c2cnc3c(c2)C=NC3)ccc1F. The van der Waals surface area contributed by atoms with Crippen LogP contribution >= 0.6 is 22.7 Å². The monoisotopic (exact) mass is 1850 g/mol. The van der Waals surface area contributed by atoms with Crippen LogP contribution in [0.15, 0.2) is 363 Å². The van der Waals surface area contributed by atoms with Crippen molar-refractivity contribution in [2.24, 2.45) is 9.98 Å². The highest BCUT2D eigenvalue weighted by atomic mass is 32.1. The largest absolute Gasteiger partial charge is 0.494 e. The van der Waals surface area contributed by atoms with E-state index in [0.29, 0.717) is 35.5 Å². The molecule has 14 aromatic heterocycles. The van der Waals surface area contributed by atoms with Gasteiger partial charge in [0.2, 0.25) is 0 Å². The summed E-state index contributed by atoms with van der Waals surface area (Å²) < 4.78 is 65.6. The summed E-state index contributed by atoms with van der Waals surface area (Å²) in [6, 6.07) is 86.4. The fourth-order valence-electron chi connectivity index (χ4n) is 16.2. The molecule has 0 atom stereocenters. The van der Waals surface area contributed by atoms with Crippen molar-refractivity contribution in [2.75, 3.05) is 7.11 Å².